The van der Waals surface area contributed by atoms with Crippen molar-refractivity contribution in [1.82, 2.24) is 10.2 Å². The Hall–Kier alpha value is -1.65. The molecule has 1 spiro atoms. The van der Waals surface area contributed by atoms with E-state index in [2.05, 4.69) is 10.2 Å². The van der Waals surface area contributed by atoms with Gasteiger partial charge in [0.15, 0.2) is 0 Å². The van der Waals surface area contributed by atoms with Crippen LogP contribution in [-0.2, 0) is 9.59 Å². The van der Waals surface area contributed by atoms with E-state index in [4.69, 9.17) is 0 Å². The van der Waals surface area contributed by atoms with Crippen LogP contribution < -0.4 is 4.90 Å². The number of anilines is 1. The zero-order valence-electron chi connectivity index (χ0n) is 12.2. The molecule has 0 bridgehead atoms. The predicted octanol–water partition coefficient (Wildman–Crippen LogP) is 2.63. The number of hydrogen-bond donors (Lipinski definition) is 1. The van der Waals surface area contributed by atoms with Crippen molar-refractivity contribution in [2.24, 2.45) is 5.41 Å². The number of aromatic nitrogens is 2. The van der Waals surface area contributed by atoms with Crippen molar-refractivity contribution in [1.29, 1.82) is 0 Å². The van der Waals surface area contributed by atoms with Gasteiger partial charge in [-0.2, -0.15) is 5.10 Å². The molecule has 1 aliphatic heterocycles. The molecular weight excluding hydrogens is 254 g/mol. The summed E-state index contributed by atoms with van der Waals surface area (Å²) in [4.78, 5) is 26.7. The Labute approximate surface area is 118 Å². The third-order valence-corrected chi connectivity index (χ3v) is 4.77. The van der Waals surface area contributed by atoms with E-state index < -0.39 is 5.41 Å². The number of amides is 2. The average Bonchev–Trinajstić information content (AvgIpc) is 2.75. The number of carbonyl (C=O) groups excluding carboxylic acids is 2. The molecule has 108 valence electrons. The lowest BCUT2D eigenvalue weighted by Gasteiger charge is -2.25. The fourth-order valence-electron chi connectivity index (χ4n) is 3.69. The molecule has 5 nitrogen and oxygen atoms in total. The highest BCUT2D eigenvalue weighted by molar-refractivity contribution is 6.23. The first-order valence-corrected chi connectivity index (χ1v) is 7.44. The Balaban J connectivity index is 1.98. The second kappa shape index (κ2) is 4.72. The van der Waals surface area contributed by atoms with Crippen molar-refractivity contribution in [2.75, 3.05) is 4.90 Å². The average molecular weight is 275 g/mol. The number of nitrogens with one attached hydrogen (secondary N) is 1. The molecule has 1 N–H and O–H groups in total. The number of rotatable bonds is 1. The summed E-state index contributed by atoms with van der Waals surface area (Å²) in [5.41, 5.74) is 1.73. The van der Waals surface area contributed by atoms with Gasteiger partial charge in [0, 0.05) is 6.42 Å². The van der Waals surface area contributed by atoms with Crippen LogP contribution in [-0.4, -0.2) is 22.0 Å². The molecule has 2 amide bonds. The largest absolute Gasteiger partial charge is 0.280 e. The van der Waals surface area contributed by atoms with Gasteiger partial charge in [0.25, 0.3) is 0 Å². The Morgan fingerprint density at radius 2 is 1.75 bits per heavy atom. The van der Waals surface area contributed by atoms with Crippen LogP contribution in [0.3, 0.4) is 0 Å². The van der Waals surface area contributed by atoms with Gasteiger partial charge in [-0.3, -0.25) is 14.7 Å². The zero-order chi connectivity index (χ0) is 14.3. The topological polar surface area (TPSA) is 66.1 Å². The molecule has 0 atom stereocenters. The van der Waals surface area contributed by atoms with E-state index in [9.17, 15) is 9.59 Å². The van der Waals surface area contributed by atoms with Gasteiger partial charge in [0.1, 0.15) is 0 Å². The fraction of sp³-hybridized carbons (Fsp3) is 0.667. The molecule has 5 heteroatoms. The second-order valence-electron chi connectivity index (χ2n) is 6.19. The van der Waals surface area contributed by atoms with E-state index in [1.165, 1.54) is 17.7 Å². The van der Waals surface area contributed by atoms with E-state index in [1.54, 1.807) is 0 Å². The minimum atomic E-state index is -0.441. The summed E-state index contributed by atoms with van der Waals surface area (Å²) in [6, 6.07) is 0. The smallest absolute Gasteiger partial charge is 0.240 e. The van der Waals surface area contributed by atoms with E-state index in [-0.39, 0.29) is 11.8 Å². The summed E-state index contributed by atoms with van der Waals surface area (Å²) in [6.45, 7) is 3.69. The highest BCUT2D eigenvalue weighted by Crippen LogP contribution is 2.46. The number of H-pyrrole nitrogens is 1. The summed E-state index contributed by atoms with van der Waals surface area (Å²) >= 11 is 0. The van der Waals surface area contributed by atoms with Crippen LogP contribution in [0.15, 0.2) is 0 Å². The van der Waals surface area contributed by atoms with Crippen LogP contribution in [0.5, 0.6) is 0 Å². The van der Waals surface area contributed by atoms with Crippen molar-refractivity contribution in [3.63, 3.8) is 0 Å². The number of hydrogen-bond acceptors (Lipinski definition) is 3. The van der Waals surface area contributed by atoms with Gasteiger partial charge >= 0.3 is 0 Å². The molecule has 0 aromatic carbocycles. The number of aromatic amines is 1. The van der Waals surface area contributed by atoms with Gasteiger partial charge < -0.3 is 0 Å². The first-order valence-electron chi connectivity index (χ1n) is 7.44. The Morgan fingerprint density at radius 1 is 1.10 bits per heavy atom. The lowest BCUT2D eigenvalue weighted by molar-refractivity contribution is -0.126. The normalized spacial score (nSPS) is 22.6. The van der Waals surface area contributed by atoms with Gasteiger partial charge in [0.05, 0.1) is 22.5 Å². The lowest BCUT2D eigenvalue weighted by Crippen LogP contribution is -2.36. The maximum Gasteiger partial charge on any atom is 0.240 e. The molecule has 0 unspecified atom stereocenters. The van der Waals surface area contributed by atoms with Crippen LogP contribution in [0.4, 0.5) is 5.69 Å². The molecule has 2 heterocycles. The predicted molar refractivity (Wildman–Crippen MR) is 75.3 cm³/mol. The molecular formula is C15H21N3O2. The summed E-state index contributed by atoms with van der Waals surface area (Å²) in [5, 5.41) is 6.97. The van der Waals surface area contributed by atoms with Crippen molar-refractivity contribution in [3.8, 4) is 0 Å². The summed E-state index contributed by atoms with van der Waals surface area (Å²) in [6.07, 6.45) is 6.52. The van der Waals surface area contributed by atoms with Crippen molar-refractivity contribution in [2.45, 2.75) is 58.8 Å². The molecule has 2 aliphatic rings. The van der Waals surface area contributed by atoms with Crippen LogP contribution in [0.2, 0.25) is 0 Å². The summed E-state index contributed by atoms with van der Waals surface area (Å²) < 4.78 is 0. The van der Waals surface area contributed by atoms with Crippen molar-refractivity contribution in [3.05, 3.63) is 11.4 Å². The van der Waals surface area contributed by atoms with E-state index >= 15 is 0 Å². The molecule has 20 heavy (non-hydrogen) atoms. The number of carbonyl (C=O) groups is 2. The van der Waals surface area contributed by atoms with Crippen molar-refractivity contribution >= 4 is 17.5 Å². The van der Waals surface area contributed by atoms with Gasteiger partial charge in [-0.1, -0.05) is 25.7 Å². The van der Waals surface area contributed by atoms with Crippen LogP contribution in [0, 0.1) is 19.3 Å². The second-order valence-corrected chi connectivity index (χ2v) is 6.19. The number of nitrogens with zero attached hydrogens (tertiary/aromatic N) is 2. The Kier molecular flexibility index (Phi) is 3.15. The molecule has 0 radical (unpaired) electrons. The lowest BCUT2D eigenvalue weighted by atomic mass is 9.79. The van der Waals surface area contributed by atoms with Gasteiger partial charge in [-0.25, -0.2) is 4.90 Å². The van der Waals surface area contributed by atoms with E-state index in [0.29, 0.717) is 12.1 Å². The molecule has 3 rings (SSSR count). The first-order chi connectivity index (χ1) is 9.55. The zero-order valence-corrected chi connectivity index (χ0v) is 12.2. The summed E-state index contributed by atoms with van der Waals surface area (Å²) in [5.74, 6) is -0.0681. The number of aryl methyl sites for hydroxylation is 2. The molecule has 1 saturated carbocycles. The van der Waals surface area contributed by atoms with Crippen LogP contribution in [0.25, 0.3) is 0 Å². The minimum absolute atomic E-state index is 0.00278. The molecule has 1 aliphatic carbocycles. The van der Waals surface area contributed by atoms with E-state index in [1.807, 2.05) is 13.8 Å². The third kappa shape index (κ3) is 1.87. The highest BCUT2D eigenvalue weighted by atomic mass is 16.2. The Morgan fingerprint density at radius 3 is 2.30 bits per heavy atom. The summed E-state index contributed by atoms with van der Waals surface area (Å²) in [7, 11) is 0. The Bertz CT molecular complexity index is 534. The van der Waals surface area contributed by atoms with Gasteiger partial charge in [-0.05, 0) is 26.7 Å². The molecule has 1 aromatic rings. The van der Waals surface area contributed by atoms with Crippen LogP contribution in [0.1, 0.15) is 56.3 Å². The first kappa shape index (κ1) is 13.3. The SMILES string of the molecule is Cc1n[nH]c(C)c1N1C(=O)CC2(CCCCCC2)C1=O. The maximum atomic E-state index is 12.9. The standard InChI is InChI=1S/C15H21N3O2/c1-10-13(11(2)17-16-10)18-12(19)9-15(14(18)20)7-5-3-4-6-8-15/h3-9H2,1-2H3,(H,16,17). The van der Waals surface area contributed by atoms with E-state index in [0.717, 1.165) is 37.1 Å². The monoisotopic (exact) mass is 275 g/mol. The number of imide groups is 1. The molecule has 2 fully saturated rings. The quantitative estimate of drug-likeness (QED) is 0.801. The third-order valence-electron chi connectivity index (χ3n) is 4.77. The van der Waals surface area contributed by atoms with Crippen LogP contribution >= 0.6 is 0 Å². The van der Waals surface area contributed by atoms with Gasteiger partial charge in [0.2, 0.25) is 11.8 Å². The maximum absolute atomic E-state index is 12.9. The minimum Gasteiger partial charge on any atom is -0.280 e. The highest BCUT2D eigenvalue weighted by Gasteiger charge is 2.52. The molecule has 1 aromatic heterocycles. The molecule has 1 saturated heterocycles. The van der Waals surface area contributed by atoms with Crippen molar-refractivity contribution < 1.29 is 9.59 Å². The fourth-order valence-corrected chi connectivity index (χ4v) is 3.69. The van der Waals surface area contributed by atoms with Gasteiger partial charge in [-0.15, -0.1) is 0 Å².